The van der Waals surface area contributed by atoms with Crippen LogP contribution in [0.15, 0.2) is 53.7 Å². The smallest absolute Gasteiger partial charge is 0.267 e. The van der Waals surface area contributed by atoms with Gasteiger partial charge in [-0.05, 0) is 53.0 Å². The number of ether oxygens (including phenoxy) is 2. The lowest BCUT2D eigenvalue weighted by Gasteiger charge is -2.42. The summed E-state index contributed by atoms with van der Waals surface area (Å²) in [4.78, 5) is 19.9. The first-order valence-corrected chi connectivity index (χ1v) is 18.0. The summed E-state index contributed by atoms with van der Waals surface area (Å²) < 4.78 is 41.1. The molecule has 42 heavy (non-hydrogen) atoms. The number of pyridine rings is 1. The van der Waals surface area contributed by atoms with Gasteiger partial charge in [0.2, 0.25) is 0 Å². The van der Waals surface area contributed by atoms with Gasteiger partial charge < -0.3 is 29.3 Å². The van der Waals surface area contributed by atoms with Crippen LogP contribution in [0, 0.1) is 0 Å². The number of nitrogens with one attached hydrogen (secondary N) is 2. The van der Waals surface area contributed by atoms with Gasteiger partial charge in [-0.1, -0.05) is 41.5 Å². The molecule has 1 aromatic carbocycles. The number of benzene rings is 1. The van der Waals surface area contributed by atoms with E-state index in [4.69, 9.17) is 13.9 Å². The van der Waals surface area contributed by atoms with Gasteiger partial charge in [0.15, 0.2) is 23.2 Å². The van der Waals surface area contributed by atoms with E-state index in [0.29, 0.717) is 50.8 Å². The van der Waals surface area contributed by atoms with Gasteiger partial charge in [-0.3, -0.25) is 4.79 Å². The summed E-state index contributed by atoms with van der Waals surface area (Å²) in [6, 6.07) is 11.6. The Morgan fingerprint density at radius 3 is 2.17 bits per heavy atom. The number of aromatic nitrogens is 2. The number of aromatic amines is 1. The van der Waals surface area contributed by atoms with Crippen LogP contribution in [-0.4, -0.2) is 70.3 Å². The molecule has 1 amide bonds. The second-order valence-corrected chi connectivity index (χ2v) is 18.8. The van der Waals surface area contributed by atoms with E-state index in [9.17, 15) is 18.3 Å². The summed E-state index contributed by atoms with van der Waals surface area (Å²) in [5.74, 6) is 0.962. The quantitative estimate of drug-likeness (QED) is 0.200. The summed E-state index contributed by atoms with van der Waals surface area (Å²) in [6.07, 6.45) is 1.60. The van der Waals surface area contributed by atoms with Crippen molar-refractivity contribution in [1.29, 1.82) is 0 Å². The number of hydrogen-bond donors (Lipinski definition) is 3. The fourth-order valence-corrected chi connectivity index (χ4v) is 11.5. The molecule has 0 bridgehead atoms. The van der Waals surface area contributed by atoms with E-state index in [-0.39, 0.29) is 24.1 Å². The van der Waals surface area contributed by atoms with Gasteiger partial charge in [0, 0.05) is 30.1 Å². The molecule has 10 nitrogen and oxygen atoms in total. The highest BCUT2D eigenvalue weighted by Crippen LogP contribution is 2.42. The van der Waals surface area contributed by atoms with Crippen LogP contribution in [0.3, 0.4) is 0 Å². The second kappa shape index (κ2) is 13.9. The number of aliphatic hydroxyl groups is 1. The molecule has 3 N–H and O–H groups in total. The number of nitrogens with zero attached hydrogens (tertiary/aromatic N) is 1. The highest BCUT2D eigenvalue weighted by Gasteiger charge is 2.45. The summed E-state index contributed by atoms with van der Waals surface area (Å²) >= 11 is 0. The average molecular weight is 618 g/mol. The van der Waals surface area contributed by atoms with Crippen LogP contribution in [-0.2, 0) is 14.3 Å². The number of hydrogen-bond acceptors (Lipinski definition) is 8. The molecule has 0 unspecified atom stereocenters. The first kappa shape index (κ1) is 33.3. The fourth-order valence-electron chi connectivity index (χ4n) is 5.49. The van der Waals surface area contributed by atoms with E-state index in [2.05, 4.69) is 56.8 Å². The largest absolute Gasteiger partial charge is 0.497 e. The molecule has 1 atom stereocenters. The zero-order chi connectivity index (χ0) is 31.2. The van der Waals surface area contributed by atoms with Gasteiger partial charge in [0.25, 0.3) is 5.91 Å². The Morgan fingerprint density at radius 2 is 1.62 bits per heavy atom. The number of sulfone groups is 1. The van der Waals surface area contributed by atoms with Crippen LogP contribution >= 0.6 is 0 Å². The average Bonchev–Trinajstić information content (AvgIpc) is 3.42. The zero-order valence-corrected chi connectivity index (χ0v) is 27.4. The van der Waals surface area contributed by atoms with Gasteiger partial charge in [-0.25, -0.2) is 13.4 Å². The maximum absolute atomic E-state index is 12.9. The summed E-state index contributed by atoms with van der Waals surface area (Å²) in [5, 5.41) is 13.4. The number of methoxy groups -OCH3 is 1. The molecule has 0 radical (unpaired) electrons. The Bertz CT molecular complexity index is 1430. The topological polar surface area (TPSA) is 140 Å². The Morgan fingerprint density at radius 1 is 0.976 bits per heavy atom. The highest BCUT2D eigenvalue weighted by molar-refractivity contribution is 7.90. The fraction of sp³-hybridized carbons (Fsp3) is 0.467. The standard InChI is InChI=1S/C30H43N3O7SSi/c1-19(2)42(20(3)4,21(5)6)39-18-23(34)16-32-30(35)28-11-10-27(33-28)22-13-25(38-7)15-26(14-22)40-24-9-12-29(31-17-24)41(8,36)37/h9-15,17,19-21,23,33-34H,16,18H2,1-8H3,(H,32,35)/t23-/m0/s1. The van der Waals surface area contributed by atoms with Crippen LogP contribution in [0.1, 0.15) is 52.0 Å². The van der Waals surface area contributed by atoms with E-state index < -0.39 is 24.3 Å². The van der Waals surface area contributed by atoms with Crippen molar-refractivity contribution in [3.8, 4) is 28.5 Å². The number of amides is 1. The minimum Gasteiger partial charge on any atom is -0.497 e. The Labute approximate surface area is 249 Å². The lowest BCUT2D eigenvalue weighted by molar-refractivity contribution is 0.0809. The Hall–Kier alpha value is -3.19. The highest BCUT2D eigenvalue weighted by atomic mass is 32.2. The van der Waals surface area contributed by atoms with E-state index >= 15 is 0 Å². The number of rotatable bonds is 14. The predicted molar refractivity (Wildman–Crippen MR) is 166 cm³/mol. The molecule has 3 rings (SSSR count). The maximum atomic E-state index is 12.9. The predicted octanol–water partition coefficient (Wildman–Crippen LogP) is 5.56. The summed E-state index contributed by atoms with van der Waals surface area (Å²) in [6.45, 7) is 13.4. The van der Waals surface area contributed by atoms with Gasteiger partial charge in [0.1, 0.15) is 22.9 Å². The van der Waals surface area contributed by atoms with E-state index in [0.717, 1.165) is 6.26 Å². The Kier molecular flexibility index (Phi) is 11.0. The minimum atomic E-state index is -3.42. The van der Waals surface area contributed by atoms with Crippen molar-refractivity contribution >= 4 is 24.1 Å². The second-order valence-electron chi connectivity index (χ2n) is 11.4. The SMILES string of the molecule is COc1cc(Oc2ccc(S(C)(=O)=O)nc2)cc(-c2ccc(C(=O)NC[C@H](O)CO[Si](C(C)C)(C(C)C)C(C)C)[nH]2)c1. The molecule has 230 valence electrons. The summed E-state index contributed by atoms with van der Waals surface area (Å²) in [7, 11) is -4.01. The van der Waals surface area contributed by atoms with Crippen molar-refractivity contribution in [2.75, 3.05) is 26.5 Å². The monoisotopic (exact) mass is 617 g/mol. The van der Waals surface area contributed by atoms with Gasteiger partial charge in [-0.2, -0.15) is 0 Å². The number of carbonyl (C=O) groups excluding carboxylic acids is 1. The van der Waals surface area contributed by atoms with Crippen LogP contribution in [0.5, 0.6) is 17.2 Å². The van der Waals surface area contributed by atoms with E-state index in [1.54, 1.807) is 30.3 Å². The number of H-pyrrole nitrogens is 1. The molecule has 0 aliphatic rings. The molecule has 2 aromatic heterocycles. The Balaban J connectivity index is 1.67. The molecule has 3 aromatic rings. The van der Waals surface area contributed by atoms with Crippen molar-refractivity contribution < 1.29 is 32.2 Å². The van der Waals surface area contributed by atoms with Crippen LogP contribution < -0.4 is 14.8 Å². The third kappa shape index (κ3) is 8.00. The van der Waals surface area contributed by atoms with Gasteiger partial charge in [-0.15, -0.1) is 0 Å². The van der Waals surface area contributed by atoms with Crippen LogP contribution in [0.4, 0.5) is 0 Å². The third-order valence-electron chi connectivity index (χ3n) is 7.41. The molecule has 2 heterocycles. The first-order chi connectivity index (χ1) is 19.7. The molecule has 0 fully saturated rings. The lowest BCUT2D eigenvalue weighted by atomic mass is 10.1. The maximum Gasteiger partial charge on any atom is 0.267 e. The lowest BCUT2D eigenvalue weighted by Crippen LogP contribution is -2.50. The zero-order valence-electron chi connectivity index (χ0n) is 25.6. The van der Waals surface area contributed by atoms with Crippen molar-refractivity contribution in [2.45, 2.75) is 69.3 Å². The molecular weight excluding hydrogens is 574 g/mol. The third-order valence-corrected chi connectivity index (χ3v) is 14.5. The van der Waals surface area contributed by atoms with Crippen molar-refractivity contribution in [3.05, 3.63) is 54.4 Å². The van der Waals surface area contributed by atoms with Crippen LogP contribution in [0.2, 0.25) is 16.6 Å². The van der Waals surface area contributed by atoms with E-state index in [1.165, 1.54) is 25.4 Å². The molecule has 0 saturated carbocycles. The van der Waals surface area contributed by atoms with Crippen molar-refractivity contribution in [1.82, 2.24) is 15.3 Å². The summed E-state index contributed by atoms with van der Waals surface area (Å²) in [5.41, 5.74) is 2.89. The number of aliphatic hydroxyl groups excluding tert-OH is 1. The molecule has 0 saturated heterocycles. The van der Waals surface area contributed by atoms with Gasteiger partial charge in [0.05, 0.1) is 26.0 Å². The molecule has 12 heteroatoms. The molecule has 0 aliphatic carbocycles. The minimum absolute atomic E-state index is 0.0462. The van der Waals surface area contributed by atoms with E-state index in [1.807, 2.05) is 0 Å². The normalized spacial score (nSPS) is 13.0. The first-order valence-electron chi connectivity index (χ1n) is 14.0. The van der Waals surface area contributed by atoms with Crippen molar-refractivity contribution in [2.24, 2.45) is 0 Å². The van der Waals surface area contributed by atoms with Crippen LogP contribution in [0.25, 0.3) is 11.3 Å². The number of carbonyl (C=O) groups is 1. The molecule has 0 aliphatic heterocycles. The molecule has 0 spiro atoms. The molecular formula is C30H43N3O7SSi. The van der Waals surface area contributed by atoms with Crippen molar-refractivity contribution in [3.63, 3.8) is 0 Å². The van der Waals surface area contributed by atoms with Gasteiger partial charge >= 0.3 is 0 Å².